The van der Waals surface area contributed by atoms with Crippen molar-refractivity contribution in [1.82, 2.24) is 20.0 Å². The van der Waals surface area contributed by atoms with Gasteiger partial charge < -0.3 is 5.73 Å². The van der Waals surface area contributed by atoms with Crippen molar-refractivity contribution in [3.05, 3.63) is 12.4 Å². The molecule has 1 saturated carbocycles. The van der Waals surface area contributed by atoms with E-state index in [2.05, 4.69) is 15.3 Å². The first kappa shape index (κ1) is 6.82. The average Bonchev–Trinajstić information content (AvgIpc) is 2.87. The molecule has 5 nitrogen and oxygen atoms in total. The van der Waals surface area contributed by atoms with Crippen molar-refractivity contribution in [2.24, 2.45) is 0 Å². The van der Waals surface area contributed by atoms with Crippen molar-refractivity contribution in [1.29, 1.82) is 0 Å². The summed E-state index contributed by atoms with van der Waals surface area (Å²) in [5.74, 6) is 0. The third kappa shape index (κ3) is 0.898. The zero-order chi connectivity index (χ0) is 8.84. The number of hydrogen-bond acceptors (Lipinski definition) is 4. The topological polar surface area (TPSA) is 69.6 Å². The molecule has 0 aliphatic heterocycles. The van der Waals surface area contributed by atoms with Gasteiger partial charge in [0.15, 0.2) is 0 Å². The smallest absolute Gasteiger partial charge is 0.133 e. The standard InChI is InChI=1S/C8H9N5/c9-6-3-10-4-7-8(6)13(12-11-7)5-1-2-5/h3-5H,1-2,9H2. The van der Waals surface area contributed by atoms with Crippen LogP contribution in [0.4, 0.5) is 5.69 Å². The number of nitrogens with two attached hydrogens (primary N) is 1. The second-order valence-corrected chi connectivity index (χ2v) is 3.36. The number of anilines is 1. The van der Waals surface area contributed by atoms with Gasteiger partial charge in [0, 0.05) is 0 Å². The SMILES string of the molecule is Nc1cncc2nnn(C3CC3)c12. The van der Waals surface area contributed by atoms with Crippen molar-refractivity contribution >= 4 is 16.7 Å². The van der Waals surface area contributed by atoms with Gasteiger partial charge in [0.25, 0.3) is 0 Å². The maximum absolute atomic E-state index is 5.80. The van der Waals surface area contributed by atoms with Gasteiger partial charge in [-0.25, -0.2) is 4.68 Å². The summed E-state index contributed by atoms with van der Waals surface area (Å²) < 4.78 is 1.91. The summed E-state index contributed by atoms with van der Waals surface area (Å²) >= 11 is 0. The van der Waals surface area contributed by atoms with Crippen LogP contribution in [0.15, 0.2) is 12.4 Å². The maximum atomic E-state index is 5.80. The Morgan fingerprint density at radius 3 is 3.00 bits per heavy atom. The van der Waals surface area contributed by atoms with Crippen molar-refractivity contribution < 1.29 is 0 Å². The minimum atomic E-state index is 0.509. The van der Waals surface area contributed by atoms with Crippen molar-refractivity contribution in [3.63, 3.8) is 0 Å². The van der Waals surface area contributed by atoms with Crippen LogP contribution >= 0.6 is 0 Å². The number of fused-ring (bicyclic) bond motifs is 1. The van der Waals surface area contributed by atoms with Crippen LogP contribution < -0.4 is 5.73 Å². The Morgan fingerprint density at radius 2 is 2.23 bits per heavy atom. The molecule has 0 spiro atoms. The zero-order valence-electron chi connectivity index (χ0n) is 7.01. The molecule has 0 unspecified atom stereocenters. The number of nitrogen functional groups attached to an aromatic ring is 1. The predicted octanol–water partition coefficient (Wildman–Crippen LogP) is 0.743. The first-order valence-electron chi connectivity index (χ1n) is 4.30. The van der Waals surface area contributed by atoms with Gasteiger partial charge in [-0.15, -0.1) is 5.10 Å². The lowest BCUT2D eigenvalue weighted by molar-refractivity contribution is 0.630. The lowest BCUT2D eigenvalue weighted by Gasteiger charge is -1.99. The molecule has 0 amide bonds. The Hall–Kier alpha value is -1.65. The molecule has 1 aliphatic rings. The Labute approximate surface area is 74.6 Å². The molecule has 5 heteroatoms. The van der Waals surface area contributed by atoms with Crippen LogP contribution in [0.25, 0.3) is 11.0 Å². The van der Waals surface area contributed by atoms with E-state index in [1.807, 2.05) is 4.68 Å². The van der Waals surface area contributed by atoms with Crippen molar-refractivity contribution in [2.75, 3.05) is 5.73 Å². The summed E-state index contributed by atoms with van der Waals surface area (Å²) in [6.45, 7) is 0. The van der Waals surface area contributed by atoms with Crippen LogP contribution in [-0.4, -0.2) is 20.0 Å². The molecule has 2 N–H and O–H groups in total. The van der Waals surface area contributed by atoms with Gasteiger partial charge >= 0.3 is 0 Å². The summed E-state index contributed by atoms with van der Waals surface area (Å²) in [6.07, 6.45) is 5.70. The Kier molecular flexibility index (Phi) is 1.15. The van der Waals surface area contributed by atoms with E-state index in [0.717, 1.165) is 11.0 Å². The maximum Gasteiger partial charge on any atom is 0.133 e. The molecule has 1 aliphatic carbocycles. The van der Waals surface area contributed by atoms with Crippen molar-refractivity contribution in [2.45, 2.75) is 18.9 Å². The molecule has 2 aromatic heterocycles. The number of pyridine rings is 1. The van der Waals surface area contributed by atoms with E-state index in [0.29, 0.717) is 11.7 Å². The lowest BCUT2D eigenvalue weighted by Crippen LogP contribution is -1.99. The molecule has 2 aromatic rings. The number of hydrogen-bond donors (Lipinski definition) is 1. The van der Waals surface area contributed by atoms with Gasteiger partial charge in [-0.2, -0.15) is 0 Å². The van der Waals surface area contributed by atoms with E-state index < -0.39 is 0 Å². The van der Waals surface area contributed by atoms with Crippen LogP contribution in [-0.2, 0) is 0 Å². The van der Waals surface area contributed by atoms with E-state index in [9.17, 15) is 0 Å². The van der Waals surface area contributed by atoms with E-state index >= 15 is 0 Å². The summed E-state index contributed by atoms with van der Waals surface area (Å²) in [7, 11) is 0. The monoisotopic (exact) mass is 175 g/mol. The highest BCUT2D eigenvalue weighted by Gasteiger charge is 2.27. The first-order chi connectivity index (χ1) is 6.36. The Morgan fingerprint density at radius 1 is 1.38 bits per heavy atom. The molecule has 0 atom stereocenters. The lowest BCUT2D eigenvalue weighted by atomic mass is 10.3. The highest BCUT2D eigenvalue weighted by Crippen LogP contribution is 2.36. The quantitative estimate of drug-likeness (QED) is 0.694. The fourth-order valence-corrected chi connectivity index (χ4v) is 1.50. The third-order valence-corrected chi connectivity index (χ3v) is 2.30. The van der Waals surface area contributed by atoms with E-state index in [1.165, 1.54) is 12.8 Å². The van der Waals surface area contributed by atoms with Gasteiger partial charge in [0.2, 0.25) is 0 Å². The molecule has 2 heterocycles. The van der Waals surface area contributed by atoms with Crippen LogP contribution in [0.3, 0.4) is 0 Å². The van der Waals surface area contributed by atoms with E-state index in [-0.39, 0.29) is 0 Å². The first-order valence-corrected chi connectivity index (χ1v) is 4.30. The molecule has 0 saturated heterocycles. The normalized spacial score (nSPS) is 16.6. The van der Waals surface area contributed by atoms with Crippen LogP contribution in [0.5, 0.6) is 0 Å². The number of nitrogens with zero attached hydrogens (tertiary/aromatic N) is 4. The highest BCUT2D eigenvalue weighted by molar-refractivity contribution is 5.85. The van der Waals surface area contributed by atoms with Crippen LogP contribution in [0.2, 0.25) is 0 Å². The molecule has 0 bridgehead atoms. The molecule has 3 rings (SSSR count). The number of rotatable bonds is 1. The number of aromatic nitrogens is 4. The summed E-state index contributed by atoms with van der Waals surface area (Å²) in [6, 6.07) is 0.509. The zero-order valence-corrected chi connectivity index (χ0v) is 7.01. The molecular weight excluding hydrogens is 166 g/mol. The molecule has 0 aromatic carbocycles. The Balaban J connectivity index is 2.34. The van der Waals surface area contributed by atoms with E-state index in [4.69, 9.17) is 5.73 Å². The summed E-state index contributed by atoms with van der Waals surface area (Å²) in [5, 5.41) is 8.08. The third-order valence-electron chi connectivity index (χ3n) is 2.30. The fourth-order valence-electron chi connectivity index (χ4n) is 1.50. The minimum absolute atomic E-state index is 0.509. The summed E-state index contributed by atoms with van der Waals surface area (Å²) in [5.41, 5.74) is 8.18. The highest BCUT2D eigenvalue weighted by atomic mass is 15.4. The Bertz CT molecular complexity index is 457. The van der Waals surface area contributed by atoms with Gasteiger partial charge in [-0.1, -0.05) is 5.21 Å². The van der Waals surface area contributed by atoms with Gasteiger partial charge in [0.05, 0.1) is 24.1 Å². The predicted molar refractivity (Wildman–Crippen MR) is 48.0 cm³/mol. The minimum Gasteiger partial charge on any atom is -0.396 e. The van der Waals surface area contributed by atoms with Gasteiger partial charge in [-0.3, -0.25) is 4.98 Å². The second-order valence-electron chi connectivity index (χ2n) is 3.36. The molecule has 1 fully saturated rings. The average molecular weight is 175 g/mol. The molecular formula is C8H9N5. The molecule has 13 heavy (non-hydrogen) atoms. The van der Waals surface area contributed by atoms with Crippen molar-refractivity contribution in [3.8, 4) is 0 Å². The second kappa shape index (κ2) is 2.18. The largest absolute Gasteiger partial charge is 0.396 e. The summed E-state index contributed by atoms with van der Waals surface area (Å²) in [4.78, 5) is 3.96. The van der Waals surface area contributed by atoms with Crippen LogP contribution in [0, 0.1) is 0 Å². The van der Waals surface area contributed by atoms with Gasteiger partial charge in [-0.05, 0) is 12.8 Å². The van der Waals surface area contributed by atoms with E-state index in [1.54, 1.807) is 12.4 Å². The van der Waals surface area contributed by atoms with Crippen LogP contribution in [0.1, 0.15) is 18.9 Å². The molecule has 0 radical (unpaired) electrons. The fraction of sp³-hybridized carbons (Fsp3) is 0.375. The molecule has 66 valence electrons. The van der Waals surface area contributed by atoms with Gasteiger partial charge in [0.1, 0.15) is 11.0 Å².